The quantitative estimate of drug-likeness (QED) is 0.694. The summed E-state index contributed by atoms with van der Waals surface area (Å²) in [6, 6.07) is 8.54. The lowest BCUT2D eigenvalue weighted by Crippen LogP contribution is -2.32. The molecule has 0 aliphatic rings. The molecule has 0 aliphatic heterocycles. The lowest BCUT2D eigenvalue weighted by molar-refractivity contribution is -0.138. The fraction of sp³-hybridized carbons (Fsp3) is 0.222. The smallest absolute Gasteiger partial charge is 0.320 e. The van der Waals surface area contributed by atoms with Gasteiger partial charge in [0.15, 0.2) is 0 Å². The molecular formula is C9H11NO2. The number of hydrogen-bond donors (Lipinski definition) is 2. The molecule has 64 valence electrons. The van der Waals surface area contributed by atoms with Crippen molar-refractivity contribution in [1.82, 2.24) is 0 Å². The first-order valence-corrected chi connectivity index (χ1v) is 3.72. The van der Waals surface area contributed by atoms with Gasteiger partial charge in [-0.25, -0.2) is 0 Å². The van der Waals surface area contributed by atoms with Crippen LogP contribution in [0.1, 0.15) is 5.56 Å². The van der Waals surface area contributed by atoms with Crippen LogP contribution in [-0.2, 0) is 11.2 Å². The van der Waals surface area contributed by atoms with Crippen LogP contribution in [0, 0.1) is 0 Å². The number of carboxylic acid groups (broad SMARTS) is 1. The molecule has 0 spiro atoms. The molecular weight excluding hydrogens is 156 g/mol. The van der Waals surface area contributed by atoms with Crippen molar-refractivity contribution in [1.29, 1.82) is 0 Å². The SMILES string of the molecule is N[C@H](Cc1ccc[14cH]c1)C(=O)O. The third-order valence-corrected chi connectivity index (χ3v) is 1.62. The summed E-state index contributed by atoms with van der Waals surface area (Å²) < 4.78 is 0. The summed E-state index contributed by atoms with van der Waals surface area (Å²) in [5, 5.41) is 8.52. The predicted octanol–water partition coefficient (Wildman–Crippen LogP) is 0.641. The van der Waals surface area contributed by atoms with Crippen LogP contribution in [0.15, 0.2) is 30.3 Å². The largest absolute Gasteiger partial charge is 0.480 e. The number of carboxylic acids is 1. The van der Waals surface area contributed by atoms with Gasteiger partial charge in [0.05, 0.1) is 0 Å². The summed E-state index contributed by atoms with van der Waals surface area (Å²) in [6.07, 6.45) is 0.385. The van der Waals surface area contributed by atoms with Crippen molar-refractivity contribution in [3.8, 4) is 0 Å². The van der Waals surface area contributed by atoms with E-state index in [0.717, 1.165) is 5.56 Å². The minimum absolute atomic E-state index is 0.385. The highest BCUT2D eigenvalue weighted by Gasteiger charge is 2.10. The van der Waals surface area contributed by atoms with Crippen molar-refractivity contribution in [3.63, 3.8) is 0 Å². The summed E-state index contributed by atoms with van der Waals surface area (Å²) in [5.41, 5.74) is 6.30. The highest BCUT2D eigenvalue weighted by molar-refractivity contribution is 5.73. The van der Waals surface area contributed by atoms with Crippen molar-refractivity contribution in [2.75, 3.05) is 0 Å². The van der Waals surface area contributed by atoms with E-state index in [2.05, 4.69) is 0 Å². The van der Waals surface area contributed by atoms with Crippen LogP contribution in [0.25, 0.3) is 0 Å². The summed E-state index contributed by atoms with van der Waals surface area (Å²) in [4.78, 5) is 10.4. The van der Waals surface area contributed by atoms with Crippen molar-refractivity contribution >= 4 is 5.97 Å². The summed E-state index contributed by atoms with van der Waals surface area (Å²) in [7, 11) is 0. The Morgan fingerprint density at radius 1 is 1.75 bits per heavy atom. The molecule has 1 rings (SSSR count). The third kappa shape index (κ3) is 2.36. The first kappa shape index (κ1) is 8.74. The Hall–Kier alpha value is -1.35. The molecule has 0 aliphatic carbocycles. The van der Waals surface area contributed by atoms with Crippen LogP contribution >= 0.6 is 0 Å². The molecule has 0 fully saturated rings. The van der Waals surface area contributed by atoms with Gasteiger partial charge in [-0.05, 0) is 12.0 Å². The maximum atomic E-state index is 10.4. The van der Waals surface area contributed by atoms with Crippen LogP contribution in [0.3, 0.4) is 0 Å². The lowest BCUT2D eigenvalue weighted by atomic mass is 10.1. The van der Waals surface area contributed by atoms with Crippen LogP contribution in [0.4, 0.5) is 0 Å². The number of carbonyl (C=O) groups is 1. The fourth-order valence-electron chi connectivity index (χ4n) is 0.955. The van der Waals surface area contributed by atoms with Crippen LogP contribution < -0.4 is 5.73 Å². The van der Waals surface area contributed by atoms with Crippen LogP contribution in [0.5, 0.6) is 0 Å². The monoisotopic (exact) mass is 167 g/mol. The zero-order valence-corrected chi connectivity index (χ0v) is 6.60. The molecule has 3 nitrogen and oxygen atoms in total. The zero-order valence-electron chi connectivity index (χ0n) is 6.60. The molecule has 3 N–H and O–H groups in total. The molecule has 0 bridgehead atoms. The number of hydrogen-bond acceptors (Lipinski definition) is 2. The van der Waals surface area contributed by atoms with Gasteiger partial charge in [0.2, 0.25) is 0 Å². The summed E-state index contributed by atoms with van der Waals surface area (Å²) >= 11 is 0. The van der Waals surface area contributed by atoms with Gasteiger partial charge in [-0.1, -0.05) is 30.3 Å². The van der Waals surface area contributed by atoms with E-state index < -0.39 is 12.0 Å². The second-order valence-corrected chi connectivity index (χ2v) is 2.63. The van der Waals surface area contributed by atoms with Gasteiger partial charge in [0, 0.05) is 0 Å². The van der Waals surface area contributed by atoms with E-state index in [1.54, 1.807) is 0 Å². The second kappa shape index (κ2) is 3.88. The first-order chi connectivity index (χ1) is 5.70. The van der Waals surface area contributed by atoms with E-state index in [-0.39, 0.29) is 0 Å². The molecule has 0 saturated carbocycles. The highest BCUT2D eigenvalue weighted by Crippen LogP contribution is 2.01. The Kier molecular flexibility index (Phi) is 2.82. The number of aliphatic carboxylic acids is 1. The van der Waals surface area contributed by atoms with Crippen molar-refractivity contribution < 1.29 is 9.90 Å². The van der Waals surface area contributed by atoms with E-state index in [4.69, 9.17) is 10.8 Å². The normalized spacial score (nSPS) is 12.4. The minimum atomic E-state index is -0.959. The van der Waals surface area contributed by atoms with Gasteiger partial charge in [0.1, 0.15) is 6.04 Å². The Morgan fingerprint density at radius 3 is 3.00 bits per heavy atom. The van der Waals surface area contributed by atoms with Gasteiger partial charge >= 0.3 is 5.97 Å². The molecule has 1 aromatic rings. The number of rotatable bonds is 3. The van der Waals surface area contributed by atoms with E-state index in [9.17, 15) is 4.79 Å². The van der Waals surface area contributed by atoms with Gasteiger partial charge in [-0.3, -0.25) is 4.79 Å². The van der Waals surface area contributed by atoms with E-state index in [1.807, 2.05) is 30.3 Å². The topological polar surface area (TPSA) is 63.3 Å². The van der Waals surface area contributed by atoms with Crippen molar-refractivity contribution in [3.05, 3.63) is 35.9 Å². The Labute approximate surface area is 70.8 Å². The Morgan fingerprint density at radius 2 is 2.50 bits per heavy atom. The van der Waals surface area contributed by atoms with E-state index in [0.29, 0.717) is 6.42 Å². The first-order valence-electron chi connectivity index (χ1n) is 3.72. The lowest BCUT2D eigenvalue weighted by Gasteiger charge is -2.04. The van der Waals surface area contributed by atoms with Crippen LogP contribution in [0.2, 0.25) is 0 Å². The summed E-state index contributed by atoms with van der Waals surface area (Å²) in [6.45, 7) is 0. The van der Waals surface area contributed by atoms with Crippen LogP contribution in [-0.4, -0.2) is 17.1 Å². The molecule has 0 saturated heterocycles. The fourth-order valence-corrected chi connectivity index (χ4v) is 0.955. The minimum Gasteiger partial charge on any atom is -0.480 e. The molecule has 12 heavy (non-hydrogen) atoms. The Bertz CT molecular complexity index is 258. The van der Waals surface area contributed by atoms with Crippen molar-refractivity contribution in [2.45, 2.75) is 12.5 Å². The van der Waals surface area contributed by atoms with Gasteiger partial charge < -0.3 is 10.8 Å². The summed E-state index contributed by atoms with van der Waals surface area (Å²) in [5.74, 6) is -0.959. The van der Waals surface area contributed by atoms with Gasteiger partial charge in [-0.2, -0.15) is 0 Å². The number of nitrogens with two attached hydrogens (primary N) is 1. The average molecular weight is 167 g/mol. The van der Waals surface area contributed by atoms with Gasteiger partial charge in [-0.15, -0.1) is 0 Å². The molecule has 0 radical (unpaired) electrons. The zero-order chi connectivity index (χ0) is 8.97. The number of benzene rings is 1. The van der Waals surface area contributed by atoms with E-state index >= 15 is 0 Å². The molecule has 3 heteroatoms. The Balaban J connectivity index is 2.58. The van der Waals surface area contributed by atoms with Crippen molar-refractivity contribution in [2.24, 2.45) is 5.73 Å². The maximum Gasteiger partial charge on any atom is 0.320 e. The third-order valence-electron chi connectivity index (χ3n) is 1.62. The second-order valence-electron chi connectivity index (χ2n) is 2.63. The molecule has 0 heterocycles. The van der Waals surface area contributed by atoms with E-state index in [1.165, 1.54) is 0 Å². The maximum absolute atomic E-state index is 10.4. The molecule has 1 atom stereocenters. The standard InChI is InChI=1S/C9H11NO2/c10-8(9(11)12)6-7-4-2-1-3-5-7/h1-5,8H,6,10H2,(H,11,12)/t8-/m1/s1/i2+2. The average Bonchev–Trinajstić information content (AvgIpc) is 2.06. The highest BCUT2D eigenvalue weighted by atomic mass is 16.4. The van der Waals surface area contributed by atoms with Gasteiger partial charge in [0.25, 0.3) is 0 Å². The predicted molar refractivity (Wildman–Crippen MR) is 45.8 cm³/mol. The molecule has 0 aromatic heterocycles. The molecule has 0 amide bonds. The molecule has 0 unspecified atom stereocenters. The molecule has 1 aromatic carbocycles.